The normalized spacial score (nSPS) is 23.1. The minimum atomic E-state index is -0.415. The van der Waals surface area contributed by atoms with Crippen LogP contribution in [0.1, 0.15) is 48.8 Å². The number of likely N-dealkylation sites (N-methyl/N-ethyl adjacent to an activating group) is 1. The van der Waals surface area contributed by atoms with E-state index in [1.54, 1.807) is 0 Å². The Bertz CT molecular complexity index is 1040. The SMILES string of the molecule is CCN1Cc2ccccc2CC1C(=O)N1CCC2(CC1)CN(Cc1cc(C)no1)C(=O)CCO2. The van der Waals surface area contributed by atoms with Gasteiger partial charge in [-0.25, -0.2) is 0 Å². The van der Waals surface area contributed by atoms with E-state index >= 15 is 0 Å². The minimum absolute atomic E-state index is 0.0730. The van der Waals surface area contributed by atoms with Crippen LogP contribution in [0.25, 0.3) is 0 Å². The summed E-state index contributed by atoms with van der Waals surface area (Å²) in [6, 6.07) is 10.2. The van der Waals surface area contributed by atoms with E-state index in [2.05, 4.69) is 41.2 Å². The van der Waals surface area contributed by atoms with Crippen LogP contribution in [-0.2, 0) is 33.8 Å². The van der Waals surface area contributed by atoms with E-state index in [0.717, 1.165) is 38.0 Å². The fraction of sp³-hybridized carbons (Fsp3) is 0.577. The molecule has 1 aromatic carbocycles. The second-order valence-electron chi connectivity index (χ2n) is 9.84. The summed E-state index contributed by atoms with van der Waals surface area (Å²) < 4.78 is 11.6. The number of likely N-dealkylation sites (tertiary alicyclic amines) is 1. The third-order valence-electron chi connectivity index (χ3n) is 7.60. The number of fused-ring (bicyclic) bond motifs is 1. The number of piperidine rings is 1. The molecule has 1 unspecified atom stereocenters. The number of rotatable bonds is 4. The van der Waals surface area contributed by atoms with E-state index < -0.39 is 5.60 Å². The Labute approximate surface area is 200 Å². The lowest BCUT2D eigenvalue weighted by atomic mass is 9.88. The molecule has 2 saturated heterocycles. The number of aryl methyl sites for hydroxylation is 1. The molecule has 3 aliphatic heterocycles. The van der Waals surface area contributed by atoms with Crippen molar-refractivity contribution in [3.63, 3.8) is 0 Å². The Morgan fingerprint density at radius 3 is 2.68 bits per heavy atom. The van der Waals surface area contributed by atoms with Gasteiger partial charge < -0.3 is 19.1 Å². The summed E-state index contributed by atoms with van der Waals surface area (Å²) in [6.45, 7) is 8.31. The summed E-state index contributed by atoms with van der Waals surface area (Å²) in [5.41, 5.74) is 3.00. The van der Waals surface area contributed by atoms with E-state index in [9.17, 15) is 9.59 Å². The van der Waals surface area contributed by atoms with Gasteiger partial charge in [0.05, 0.1) is 43.5 Å². The molecule has 8 nitrogen and oxygen atoms in total. The highest BCUT2D eigenvalue weighted by Crippen LogP contribution is 2.32. The smallest absolute Gasteiger partial charge is 0.240 e. The average molecular weight is 467 g/mol. The Morgan fingerprint density at radius 1 is 1.21 bits per heavy atom. The van der Waals surface area contributed by atoms with Crippen LogP contribution in [0.3, 0.4) is 0 Å². The predicted molar refractivity (Wildman–Crippen MR) is 126 cm³/mol. The maximum absolute atomic E-state index is 13.6. The monoisotopic (exact) mass is 466 g/mol. The van der Waals surface area contributed by atoms with E-state index in [1.165, 1.54) is 11.1 Å². The van der Waals surface area contributed by atoms with Gasteiger partial charge in [0.1, 0.15) is 0 Å². The fourth-order valence-corrected chi connectivity index (χ4v) is 5.62. The van der Waals surface area contributed by atoms with Crippen molar-refractivity contribution >= 4 is 11.8 Å². The Balaban J connectivity index is 1.25. The van der Waals surface area contributed by atoms with Gasteiger partial charge in [-0.1, -0.05) is 36.3 Å². The maximum atomic E-state index is 13.6. The number of hydrogen-bond donors (Lipinski definition) is 0. The van der Waals surface area contributed by atoms with E-state index in [4.69, 9.17) is 9.26 Å². The topological polar surface area (TPSA) is 79.1 Å². The summed E-state index contributed by atoms with van der Waals surface area (Å²) in [6.07, 6.45) is 2.59. The molecule has 2 amide bonds. The third kappa shape index (κ3) is 4.61. The van der Waals surface area contributed by atoms with Crippen LogP contribution < -0.4 is 0 Å². The molecule has 0 N–H and O–H groups in total. The summed E-state index contributed by atoms with van der Waals surface area (Å²) in [7, 11) is 0. The molecule has 4 heterocycles. The first-order valence-corrected chi connectivity index (χ1v) is 12.4. The first-order chi connectivity index (χ1) is 16.5. The zero-order valence-electron chi connectivity index (χ0n) is 20.2. The first-order valence-electron chi connectivity index (χ1n) is 12.4. The molecule has 0 saturated carbocycles. The number of amides is 2. The van der Waals surface area contributed by atoms with Crippen LogP contribution in [0, 0.1) is 6.92 Å². The highest BCUT2D eigenvalue weighted by molar-refractivity contribution is 5.83. The zero-order chi connectivity index (χ0) is 23.7. The van der Waals surface area contributed by atoms with Crippen molar-refractivity contribution in [1.82, 2.24) is 19.9 Å². The first kappa shape index (κ1) is 23.1. The largest absolute Gasteiger partial charge is 0.372 e. The minimum Gasteiger partial charge on any atom is -0.372 e. The van der Waals surface area contributed by atoms with Crippen molar-refractivity contribution in [1.29, 1.82) is 0 Å². The van der Waals surface area contributed by atoms with Gasteiger partial charge in [-0.2, -0.15) is 0 Å². The number of nitrogens with zero attached hydrogens (tertiary/aromatic N) is 4. The summed E-state index contributed by atoms with van der Waals surface area (Å²) in [4.78, 5) is 32.4. The van der Waals surface area contributed by atoms with Crippen molar-refractivity contribution in [2.24, 2.45) is 0 Å². The molecule has 2 aromatic rings. The molecule has 0 bridgehead atoms. The van der Waals surface area contributed by atoms with Gasteiger partial charge in [0.25, 0.3) is 0 Å². The fourth-order valence-electron chi connectivity index (χ4n) is 5.62. The Kier molecular flexibility index (Phi) is 6.44. The molecule has 2 fully saturated rings. The molecular weight excluding hydrogens is 432 g/mol. The molecule has 3 aliphatic rings. The second-order valence-corrected chi connectivity index (χ2v) is 9.84. The number of hydrogen-bond acceptors (Lipinski definition) is 6. The second kappa shape index (κ2) is 9.50. The lowest BCUT2D eigenvalue weighted by Gasteiger charge is -2.44. The number of benzene rings is 1. The molecular formula is C26H34N4O4. The third-order valence-corrected chi connectivity index (χ3v) is 7.60. The summed E-state index contributed by atoms with van der Waals surface area (Å²) >= 11 is 0. The molecule has 0 radical (unpaired) electrons. The van der Waals surface area contributed by atoms with Gasteiger partial charge in [-0.15, -0.1) is 0 Å². The lowest BCUT2D eigenvalue weighted by Crippen LogP contribution is -2.57. The molecule has 8 heteroatoms. The summed E-state index contributed by atoms with van der Waals surface area (Å²) in [5, 5.41) is 3.94. The van der Waals surface area contributed by atoms with E-state index in [0.29, 0.717) is 45.0 Å². The number of carbonyl (C=O) groups is 2. The number of ether oxygens (including phenoxy) is 1. The molecule has 5 rings (SSSR count). The summed E-state index contributed by atoms with van der Waals surface area (Å²) in [5.74, 6) is 0.974. The Morgan fingerprint density at radius 2 is 1.97 bits per heavy atom. The lowest BCUT2D eigenvalue weighted by molar-refractivity contribution is -0.145. The van der Waals surface area contributed by atoms with Gasteiger partial charge in [-0.05, 0) is 43.9 Å². The van der Waals surface area contributed by atoms with Gasteiger partial charge in [0.15, 0.2) is 5.76 Å². The predicted octanol–water partition coefficient (Wildman–Crippen LogP) is 2.54. The van der Waals surface area contributed by atoms with Gasteiger partial charge >= 0.3 is 0 Å². The van der Waals surface area contributed by atoms with Crippen molar-refractivity contribution in [3.05, 3.63) is 52.9 Å². The molecule has 1 atom stereocenters. The van der Waals surface area contributed by atoms with Crippen LogP contribution >= 0.6 is 0 Å². The molecule has 1 aromatic heterocycles. The van der Waals surface area contributed by atoms with Crippen LogP contribution in [-0.4, -0.2) is 76.1 Å². The van der Waals surface area contributed by atoms with Gasteiger partial charge in [0, 0.05) is 25.7 Å². The highest BCUT2D eigenvalue weighted by Gasteiger charge is 2.43. The van der Waals surface area contributed by atoms with Crippen LogP contribution in [0.5, 0.6) is 0 Å². The molecule has 1 spiro atoms. The van der Waals surface area contributed by atoms with E-state index in [-0.39, 0.29) is 17.9 Å². The van der Waals surface area contributed by atoms with Gasteiger partial charge in [-0.3, -0.25) is 14.5 Å². The highest BCUT2D eigenvalue weighted by atomic mass is 16.5. The standard InChI is InChI=1S/C26H34N4O4/c1-3-28-16-21-7-5-4-6-20(21)15-23(28)25(32)29-11-9-26(10-12-29)18-30(24(31)8-13-33-26)17-22-14-19(2)27-34-22/h4-7,14,23H,3,8-13,15-18H2,1-2H3. The zero-order valence-corrected chi connectivity index (χ0v) is 20.2. The van der Waals surface area contributed by atoms with Gasteiger partial charge in [0.2, 0.25) is 11.8 Å². The van der Waals surface area contributed by atoms with Crippen LogP contribution in [0.15, 0.2) is 34.9 Å². The van der Waals surface area contributed by atoms with Crippen molar-refractivity contribution in [2.75, 3.05) is 32.8 Å². The molecule has 34 heavy (non-hydrogen) atoms. The molecule has 182 valence electrons. The van der Waals surface area contributed by atoms with Crippen molar-refractivity contribution < 1.29 is 18.8 Å². The average Bonchev–Trinajstić information content (AvgIpc) is 3.20. The van der Waals surface area contributed by atoms with Crippen LogP contribution in [0.4, 0.5) is 0 Å². The van der Waals surface area contributed by atoms with Crippen molar-refractivity contribution in [3.8, 4) is 0 Å². The Hall–Kier alpha value is -2.71. The quantitative estimate of drug-likeness (QED) is 0.689. The van der Waals surface area contributed by atoms with Crippen LogP contribution in [0.2, 0.25) is 0 Å². The number of aromatic nitrogens is 1. The number of carbonyl (C=O) groups excluding carboxylic acids is 2. The van der Waals surface area contributed by atoms with Crippen molar-refractivity contribution in [2.45, 2.75) is 64.3 Å². The van der Waals surface area contributed by atoms with E-state index in [1.807, 2.05) is 22.8 Å². The maximum Gasteiger partial charge on any atom is 0.240 e. The molecule has 0 aliphatic carbocycles.